The van der Waals surface area contributed by atoms with Crippen molar-refractivity contribution >= 4 is 15.7 Å². The maximum absolute atomic E-state index is 12.9. The number of halogens is 2. The summed E-state index contributed by atoms with van der Waals surface area (Å²) in [6.07, 6.45) is -0.958. The Morgan fingerprint density at radius 3 is 2.48 bits per heavy atom. The van der Waals surface area contributed by atoms with Crippen LogP contribution in [0.5, 0.6) is 0 Å². The van der Waals surface area contributed by atoms with Crippen LogP contribution in [0.1, 0.15) is 48.7 Å². The Morgan fingerprint density at radius 2 is 1.96 bits per heavy atom. The summed E-state index contributed by atoms with van der Waals surface area (Å²) in [5.41, 5.74) is 0.665. The summed E-state index contributed by atoms with van der Waals surface area (Å²) in [5.74, 6) is -0.676. The number of amides is 1. The molecule has 0 spiro atoms. The third-order valence-corrected chi connectivity index (χ3v) is 5.79. The minimum atomic E-state index is -3.13. The Hall–Kier alpha value is -1.44. The Morgan fingerprint density at radius 1 is 1.35 bits per heavy atom. The summed E-state index contributed by atoms with van der Waals surface area (Å²) < 4.78 is 54.1. The molecule has 1 aliphatic heterocycles. The van der Waals surface area contributed by atoms with Gasteiger partial charge in [0.2, 0.25) is 0 Å². The van der Waals surface area contributed by atoms with Gasteiger partial charge in [-0.2, -0.15) is 0 Å². The molecule has 0 N–H and O–H groups in total. The van der Waals surface area contributed by atoms with Crippen LogP contribution in [0.15, 0.2) is 16.7 Å². The van der Waals surface area contributed by atoms with Crippen molar-refractivity contribution in [1.29, 1.82) is 0 Å². The summed E-state index contributed by atoms with van der Waals surface area (Å²) in [7, 11) is -3.13. The molecule has 1 aromatic heterocycles. The first kappa shape index (κ1) is 17.9. The maximum atomic E-state index is 12.9. The van der Waals surface area contributed by atoms with Gasteiger partial charge in [0.1, 0.15) is 9.84 Å². The van der Waals surface area contributed by atoms with E-state index >= 15 is 0 Å². The van der Waals surface area contributed by atoms with Crippen LogP contribution in [-0.2, 0) is 9.84 Å². The van der Waals surface area contributed by atoms with Gasteiger partial charge in [0, 0.05) is 11.6 Å². The van der Waals surface area contributed by atoms with Crippen molar-refractivity contribution in [1.82, 2.24) is 4.90 Å². The van der Waals surface area contributed by atoms with Crippen molar-refractivity contribution in [2.24, 2.45) is 0 Å². The fraction of sp³-hybridized carbons (Fsp3) is 0.667. The summed E-state index contributed by atoms with van der Waals surface area (Å²) in [4.78, 5) is 13.8. The van der Waals surface area contributed by atoms with Crippen LogP contribution in [0.2, 0.25) is 0 Å². The van der Waals surface area contributed by atoms with Gasteiger partial charge < -0.3 is 9.32 Å². The zero-order chi connectivity index (χ0) is 17.2. The standard InChI is InChI=1S/C15H21F2NO4S/c1-10(2)12-3-6-22-14(12)15(19)18(9-13(16)17)11-4-7-23(20,21)8-5-11/h3,6,10-11,13H,4-5,7-9H2,1-2H3. The number of alkyl halides is 2. The van der Waals surface area contributed by atoms with Crippen LogP contribution in [0.3, 0.4) is 0 Å². The number of sulfone groups is 1. The van der Waals surface area contributed by atoms with E-state index in [1.165, 1.54) is 6.26 Å². The molecule has 0 aliphatic carbocycles. The first-order chi connectivity index (χ1) is 10.7. The molecule has 0 bridgehead atoms. The number of nitrogens with zero attached hydrogens (tertiary/aromatic N) is 1. The lowest BCUT2D eigenvalue weighted by molar-refractivity contribution is 0.0391. The van der Waals surface area contributed by atoms with Crippen LogP contribution < -0.4 is 0 Å². The Kier molecular flexibility index (Phi) is 5.44. The number of carbonyl (C=O) groups excluding carboxylic acids is 1. The van der Waals surface area contributed by atoms with Crippen molar-refractivity contribution in [3.63, 3.8) is 0 Å². The van der Waals surface area contributed by atoms with Crippen LogP contribution in [0, 0.1) is 0 Å². The first-order valence-electron chi connectivity index (χ1n) is 7.58. The van der Waals surface area contributed by atoms with Gasteiger partial charge in [0.25, 0.3) is 12.3 Å². The van der Waals surface area contributed by atoms with Crippen LogP contribution in [-0.4, -0.2) is 49.7 Å². The van der Waals surface area contributed by atoms with Crippen LogP contribution in [0.4, 0.5) is 8.78 Å². The SMILES string of the molecule is CC(C)c1ccoc1C(=O)N(CC(F)F)C1CCS(=O)(=O)CC1. The van der Waals surface area contributed by atoms with Gasteiger partial charge in [-0.1, -0.05) is 13.8 Å². The Labute approximate surface area is 134 Å². The maximum Gasteiger partial charge on any atom is 0.290 e. The van der Waals surface area contributed by atoms with Gasteiger partial charge in [-0.3, -0.25) is 4.79 Å². The Balaban J connectivity index is 2.24. The lowest BCUT2D eigenvalue weighted by atomic mass is 10.0. The van der Waals surface area contributed by atoms with E-state index in [0.29, 0.717) is 5.56 Å². The molecule has 1 saturated heterocycles. The van der Waals surface area contributed by atoms with Crippen LogP contribution in [0.25, 0.3) is 0 Å². The lowest BCUT2D eigenvalue weighted by Crippen LogP contribution is -2.47. The van der Waals surface area contributed by atoms with Gasteiger partial charge in [0.15, 0.2) is 5.76 Å². The molecule has 0 saturated carbocycles. The van der Waals surface area contributed by atoms with Gasteiger partial charge in [-0.05, 0) is 24.8 Å². The quantitative estimate of drug-likeness (QED) is 0.820. The van der Waals surface area contributed by atoms with E-state index < -0.39 is 34.8 Å². The normalized spacial score (nSPS) is 18.5. The second-order valence-corrected chi connectivity index (χ2v) is 8.39. The van der Waals surface area contributed by atoms with Crippen molar-refractivity contribution in [3.8, 4) is 0 Å². The van der Waals surface area contributed by atoms with Gasteiger partial charge in [-0.25, -0.2) is 17.2 Å². The molecule has 0 radical (unpaired) electrons. The Bertz CT molecular complexity index is 640. The van der Waals surface area contributed by atoms with Gasteiger partial charge >= 0.3 is 0 Å². The number of furan rings is 1. The minimum absolute atomic E-state index is 0.0211. The zero-order valence-electron chi connectivity index (χ0n) is 13.2. The first-order valence-corrected chi connectivity index (χ1v) is 9.40. The number of hydrogen-bond donors (Lipinski definition) is 0. The highest BCUT2D eigenvalue weighted by Gasteiger charge is 2.34. The van der Waals surface area contributed by atoms with Crippen molar-refractivity contribution in [3.05, 3.63) is 23.7 Å². The van der Waals surface area contributed by atoms with E-state index in [0.717, 1.165) is 4.90 Å². The average Bonchev–Trinajstić information content (AvgIpc) is 2.94. The highest BCUT2D eigenvalue weighted by molar-refractivity contribution is 7.91. The van der Waals surface area contributed by atoms with E-state index in [1.54, 1.807) is 6.07 Å². The summed E-state index contributed by atoms with van der Waals surface area (Å²) in [6.45, 7) is 3.04. The molecule has 1 fully saturated rings. The molecule has 8 heteroatoms. The molecule has 2 rings (SSSR count). The molecular formula is C15H21F2NO4S. The topological polar surface area (TPSA) is 67.6 Å². The van der Waals surface area contributed by atoms with Gasteiger partial charge in [0.05, 0.1) is 24.3 Å². The predicted molar refractivity (Wildman–Crippen MR) is 81.5 cm³/mol. The summed E-state index contributed by atoms with van der Waals surface area (Å²) in [6, 6.07) is 1.15. The molecule has 0 aromatic carbocycles. The van der Waals surface area contributed by atoms with Crippen molar-refractivity contribution < 1.29 is 26.4 Å². The smallest absolute Gasteiger partial charge is 0.290 e. The number of carbonyl (C=O) groups is 1. The van der Waals surface area contributed by atoms with E-state index in [2.05, 4.69) is 0 Å². The highest BCUT2D eigenvalue weighted by atomic mass is 32.2. The monoisotopic (exact) mass is 349 g/mol. The average molecular weight is 349 g/mol. The zero-order valence-corrected chi connectivity index (χ0v) is 14.0. The van der Waals surface area contributed by atoms with E-state index in [-0.39, 0.29) is 36.0 Å². The van der Waals surface area contributed by atoms with E-state index in [1.807, 2.05) is 13.8 Å². The van der Waals surface area contributed by atoms with Crippen molar-refractivity contribution in [2.45, 2.75) is 45.1 Å². The lowest BCUT2D eigenvalue weighted by Gasteiger charge is -2.33. The molecule has 5 nitrogen and oxygen atoms in total. The largest absolute Gasteiger partial charge is 0.459 e. The third-order valence-electron chi connectivity index (χ3n) is 4.07. The molecule has 1 aromatic rings. The number of hydrogen-bond acceptors (Lipinski definition) is 4. The molecule has 0 unspecified atom stereocenters. The van der Waals surface area contributed by atoms with Gasteiger partial charge in [-0.15, -0.1) is 0 Å². The third kappa shape index (κ3) is 4.31. The minimum Gasteiger partial charge on any atom is -0.459 e. The second-order valence-electron chi connectivity index (χ2n) is 6.09. The molecule has 23 heavy (non-hydrogen) atoms. The molecule has 130 valence electrons. The summed E-state index contributed by atoms with van der Waals surface area (Å²) >= 11 is 0. The van der Waals surface area contributed by atoms with Crippen LogP contribution >= 0.6 is 0 Å². The molecule has 1 amide bonds. The van der Waals surface area contributed by atoms with E-state index in [4.69, 9.17) is 4.42 Å². The van der Waals surface area contributed by atoms with E-state index in [9.17, 15) is 22.0 Å². The van der Waals surface area contributed by atoms with Crippen molar-refractivity contribution in [2.75, 3.05) is 18.1 Å². The second kappa shape index (κ2) is 6.98. The molecular weight excluding hydrogens is 328 g/mol. The summed E-state index contributed by atoms with van der Waals surface area (Å²) in [5, 5.41) is 0. The number of rotatable bonds is 5. The fourth-order valence-electron chi connectivity index (χ4n) is 2.81. The highest BCUT2D eigenvalue weighted by Crippen LogP contribution is 2.26. The molecule has 0 atom stereocenters. The molecule has 1 aliphatic rings. The predicted octanol–water partition coefficient (Wildman–Crippen LogP) is 2.69. The molecule has 2 heterocycles. The fourth-order valence-corrected chi connectivity index (χ4v) is 4.28.